The Morgan fingerprint density at radius 1 is 0.578 bits per heavy atom. The quantitative estimate of drug-likeness (QED) is 0.0150. The van der Waals surface area contributed by atoms with Crippen LogP contribution in [-0.4, -0.2) is 74.6 Å². The van der Waals surface area contributed by atoms with Crippen LogP contribution < -0.4 is 53.2 Å². The van der Waals surface area contributed by atoms with E-state index in [1.165, 1.54) is 90.2 Å². The van der Waals surface area contributed by atoms with E-state index in [1.54, 1.807) is 18.2 Å². The molecule has 0 aliphatic carbocycles. The second kappa shape index (κ2) is 36.6. The zero-order chi connectivity index (χ0) is 59.5. The van der Waals surface area contributed by atoms with Crippen molar-refractivity contribution >= 4 is 46.8 Å². The van der Waals surface area contributed by atoms with Gasteiger partial charge in [0, 0.05) is 36.1 Å². The number of benzene rings is 4. The lowest BCUT2D eigenvalue weighted by Crippen LogP contribution is -2.44. The molecular weight excluding hydrogens is 1070 g/mol. The second-order valence-electron chi connectivity index (χ2n) is 19.5. The average molecular weight is 1150 g/mol. The summed E-state index contributed by atoms with van der Waals surface area (Å²) in [6.45, 7) is 9.18. The van der Waals surface area contributed by atoms with Crippen LogP contribution in [0.25, 0.3) is 33.7 Å². The number of aromatic nitrogens is 6. The number of anilines is 3. The van der Waals surface area contributed by atoms with Crippen LogP contribution in [0, 0.1) is 13.8 Å². The van der Waals surface area contributed by atoms with Crippen molar-refractivity contribution in [2.24, 2.45) is 0 Å². The van der Waals surface area contributed by atoms with Gasteiger partial charge in [-0.2, -0.15) is 23.1 Å². The normalized spacial score (nSPS) is 10.9. The highest BCUT2D eigenvalue weighted by Crippen LogP contribution is 2.30. The molecule has 24 heteroatoms. The number of hydrogen-bond acceptors (Lipinski definition) is 15. The first-order valence-electron chi connectivity index (χ1n) is 28.4. The molecule has 0 aliphatic rings. The van der Waals surface area contributed by atoms with Gasteiger partial charge in [-0.05, 0) is 56.9 Å². The van der Waals surface area contributed by atoms with E-state index in [9.17, 15) is 27.6 Å². The third-order valence-corrected chi connectivity index (χ3v) is 12.7. The number of fused-ring (bicyclic) bond motifs is 1. The number of nitrogens with zero attached hydrogens (tertiary/aromatic N) is 6. The minimum Gasteiger partial charge on any atom is -0.493 e. The van der Waals surface area contributed by atoms with Crippen molar-refractivity contribution in [3.63, 3.8) is 0 Å². The van der Waals surface area contributed by atoms with Gasteiger partial charge in [0.2, 0.25) is 17.5 Å². The summed E-state index contributed by atoms with van der Waals surface area (Å²) in [5, 5.41) is 16.2. The number of halogens is 3. The number of amides is 6. The lowest BCUT2D eigenvalue weighted by molar-refractivity contribution is -0.144. The topological polar surface area (TPSA) is 272 Å². The van der Waals surface area contributed by atoms with Crippen LogP contribution in [0.4, 0.5) is 45.4 Å². The highest BCUT2D eigenvalue weighted by Gasteiger charge is 2.35. The number of para-hydroxylation sites is 1. The Morgan fingerprint density at radius 2 is 1.10 bits per heavy atom. The fourth-order valence-electron chi connectivity index (χ4n) is 8.32. The summed E-state index contributed by atoms with van der Waals surface area (Å²) in [7, 11) is 1.50. The molecule has 0 fully saturated rings. The van der Waals surface area contributed by atoms with Gasteiger partial charge in [0.05, 0.1) is 12.1 Å². The predicted octanol–water partition coefficient (Wildman–Crippen LogP) is 13.4. The predicted molar refractivity (Wildman–Crippen MR) is 316 cm³/mol. The van der Waals surface area contributed by atoms with Gasteiger partial charge in [0.15, 0.2) is 5.82 Å². The Labute approximate surface area is 483 Å². The summed E-state index contributed by atoms with van der Waals surface area (Å²) in [6, 6.07) is 30.2. The first kappa shape index (κ1) is 65.1. The Balaban J connectivity index is 0.000000240. The van der Waals surface area contributed by atoms with E-state index >= 15 is 0 Å². The molecule has 0 unspecified atom stereocenters. The van der Waals surface area contributed by atoms with Gasteiger partial charge in [-0.15, -0.1) is 0 Å². The highest BCUT2D eigenvalue weighted by molar-refractivity contribution is 5.90. The van der Waals surface area contributed by atoms with E-state index in [-0.39, 0.29) is 35.4 Å². The maximum absolute atomic E-state index is 13.0. The summed E-state index contributed by atoms with van der Waals surface area (Å²) in [5.74, 6) is 0.274. The van der Waals surface area contributed by atoms with Gasteiger partial charge >= 0.3 is 36.3 Å². The molecule has 0 saturated heterocycles. The van der Waals surface area contributed by atoms with Crippen molar-refractivity contribution in [1.82, 2.24) is 62.5 Å². The summed E-state index contributed by atoms with van der Waals surface area (Å²) in [5.41, 5.74) is 18.9. The van der Waals surface area contributed by atoms with E-state index in [4.69, 9.17) is 13.8 Å². The molecule has 0 bridgehead atoms. The molecule has 0 aliphatic heterocycles. The minimum atomic E-state index is -4.71. The Morgan fingerprint density at radius 3 is 1.64 bits per heavy atom. The Hall–Kier alpha value is -8.70. The molecule has 0 atom stereocenters. The van der Waals surface area contributed by atoms with E-state index in [0.717, 1.165) is 53.7 Å². The fraction of sp³-hybridized carbons (Fsp3) is 0.441. The number of alkyl halides is 3. The summed E-state index contributed by atoms with van der Waals surface area (Å²) >= 11 is 0. The van der Waals surface area contributed by atoms with Crippen molar-refractivity contribution in [3.05, 3.63) is 120 Å². The van der Waals surface area contributed by atoms with Gasteiger partial charge in [0.25, 0.3) is 0 Å². The van der Waals surface area contributed by atoms with Crippen LogP contribution in [0.15, 0.2) is 112 Å². The SMILES string of the molecule is CCCCCCCCCC(CCCCCCCCC)NC(=O)NNc1nc(-c2ccccc2)no1.CNC(=O)NNc1nc(-c2ccccc2)no1.Cc1ccc(OCCCNC(=O)NNc2nc(C(F)(F)F)nc3ccccc23)c(C)c1. The van der Waals surface area contributed by atoms with Gasteiger partial charge in [-0.1, -0.05) is 205 Å². The minimum absolute atomic E-state index is 0.109. The summed E-state index contributed by atoms with van der Waals surface area (Å²) in [6.07, 6.45) is 15.8. The van der Waals surface area contributed by atoms with Gasteiger partial charge in [0.1, 0.15) is 5.75 Å². The Kier molecular flexibility index (Phi) is 28.7. The molecule has 0 radical (unpaired) electrons. The molecule has 21 nitrogen and oxygen atoms in total. The average Bonchev–Trinajstić information content (AvgIpc) is 4.30. The number of carbonyl (C=O) groups excluding carboxylic acids is 3. The molecule has 7 aromatic rings. The highest BCUT2D eigenvalue weighted by atomic mass is 19.4. The number of hydrogen-bond donors (Lipinski definition) is 9. The van der Waals surface area contributed by atoms with E-state index in [1.807, 2.05) is 92.7 Å². The van der Waals surface area contributed by atoms with Gasteiger partial charge in [-0.3, -0.25) is 10.9 Å². The third kappa shape index (κ3) is 24.9. The largest absolute Gasteiger partial charge is 0.493 e. The maximum atomic E-state index is 13.0. The van der Waals surface area contributed by atoms with Gasteiger partial charge < -0.3 is 29.7 Å². The molecular formula is C59H80F3N15O6. The lowest BCUT2D eigenvalue weighted by atomic mass is 10.00. The number of hydrazine groups is 3. The van der Waals surface area contributed by atoms with Crippen molar-refractivity contribution in [2.75, 3.05) is 36.5 Å². The summed E-state index contributed by atoms with van der Waals surface area (Å²) < 4.78 is 54.9. The lowest BCUT2D eigenvalue weighted by Gasteiger charge is -2.19. The molecule has 3 heterocycles. The van der Waals surface area contributed by atoms with Crippen LogP contribution >= 0.6 is 0 Å². The van der Waals surface area contributed by atoms with Crippen LogP contribution in [0.3, 0.4) is 0 Å². The second-order valence-corrected chi connectivity index (χ2v) is 19.5. The standard InChI is InChI=1S/C28H47N5O2.C21H22F3N5O2.C10H11N5O2/c1-3-5-7-9-11-13-18-22-25(23-19-14-12-10-8-6-4-2)29-27(34)31-32-28-30-26(33-35-28)24-20-16-15-17-21-24;1-13-8-9-17(14(2)12-13)31-11-5-10-25-20(30)29-28-18-15-6-3-4-7-16(15)26-19(27-18)21(22,23)24;1-11-9(16)13-14-10-12-8(15-17-10)7-5-3-2-4-6-7/h15-17,20-21,25H,3-14,18-19,22-23H2,1-2H3,(H2,29,31,34)(H,30,32,33);3-4,6-9,12H,5,10-11H2,1-2H3,(H2,25,29,30)(H,26,27,28);2-6H,1H3,(H2,11,13,16)(H,12,14,15). The van der Waals surface area contributed by atoms with Crippen molar-refractivity contribution in [2.45, 2.75) is 149 Å². The van der Waals surface area contributed by atoms with Crippen LogP contribution in [0.1, 0.15) is 140 Å². The molecule has 83 heavy (non-hydrogen) atoms. The fourth-order valence-corrected chi connectivity index (χ4v) is 8.32. The van der Waals surface area contributed by atoms with E-state index < -0.39 is 24.1 Å². The monoisotopic (exact) mass is 1150 g/mol. The smallest absolute Gasteiger partial charge is 0.451 e. The first-order chi connectivity index (χ1) is 40.3. The molecule has 6 amide bonds. The molecule has 0 spiro atoms. The third-order valence-electron chi connectivity index (χ3n) is 12.7. The number of nitrogens with one attached hydrogen (secondary N) is 9. The van der Waals surface area contributed by atoms with Crippen molar-refractivity contribution < 1.29 is 41.3 Å². The number of ether oxygens (including phenoxy) is 1. The maximum Gasteiger partial charge on any atom is 0.451 e. The number of carbonyl (C=O) groups is 3. The molecule has 0 saturated carbocycles. The zero-order valence-corrected chi connectivity index (χ0v) is 48.1. The molecule has 4 aromatic carbocycles. The number of urea groups is 3. The first-order valence-corrected chi connectivity index (χ1v) is 28.4. The molecule has 9 N–H and O–H groups in total. The van der Waals surface area contributed by atoms with Crippen LogP contribution in [0.5, 0.6) is 5.75 Å². The van der Waals surface area contributed by atoms with Crippen LogP contribution in [0.2, 0.25) is 0 Å². The molecule has 3 aromatic heterocycles. The number of unbranched alkanes of at least 4 members (excludes halogenated alkanes) is 12. The van der Waals surface area contributed by atoms with Crippen LogP contribution in [-0.2, 0) is 6.18 Å². The van der Waals surface area contributed by atoms with Crippen molar-refractivity contribution in [1.29, 1.82) is 0 Å². The van der Waals surface area contributed by atoms with E-state index in [2.05, 4.69) is 92.6 Å². The summed E-state index contributed by atoms with van der Waals surface area (Å²) in [4.78, 5) is 50.8. The zero-order valence-electron chi connectivity index (χ0n) is 48.1. The molecule has 448 valence electrons. The van der Waals surface area contributed by atoms with Gasteiger partial charge in [-0.25, -0.2) is 46.1 Å². The number of aryl methyl sites for hydroxylation is 2. The van der Waals surface area contributed by atoms with E-state index in [0.29, 0.717) is 36.6 Å². The Bertz CT molecular complexity index is 2950. The van der Waals surface area contributed by atoms with Crippen molar-refractivity contribution in [3.8, 4) is 28.5 Å². The number of rotatable bonds is 30. The molecule has 7 rings (SSSR count).